The first kappa shape index (κ1) is 22.3. The maximum Gasteiger partial charge on any atom is 0.340 e. The molecule has 4 rings (SSSR count). The molecule has 168 valence electrons. The minimum absolute atomic E-state index is 0.208. The van der Waals surface area contributed by atoms with Crippen LogP contribution in [-0.2, 0) is 9.53 Å². The van der Waals surface area contributed by atoms with Crippen molar-refractivity contribution in [1.29, 1.82) is 0 Å². The van der Waals surface area contributed by atoms with Crippen LogP contribution in [-0.4, -0.2) is 35.4 Å². The minimum Gasteiger partial charge on any atom is -0.465 e. The van der Waals surface area contributed by atoms with Crippen LogP contribution in [0.1, 0.15) is 36.5 Å². The summed E-state index contributed by atoms with van der Waals surface area (Å²) in [4.78, 5) is 29.9. The van der Waals surface area contributed by atoms with Crippen molar-refractivity contribution in [2.24, 2.45) is 10.2 Å². The zero-order valence-electron chi connectivity index (χ0n) is 18.3. The Bertz CT molecular complexity index is 1220. The van der Waals surface area contributed by atoms with E-state index in [1.165, 1.54) is 23.5 Å². The van der Waals surface area contributed by atoms with Crippen molar-refractivity contribution >= 4 is 45.5 Å². The van der Waals surface area contributed by atoms with Crippen molar-refractivity contribution in [2.45, 2.75) is 26.2 Å². The Morgan fingerprint density at radius 3 is 2.67 bits per heavy atom. The van der Waals surface area contributed by atoms with Crippen LogP contribution in [0.5, 0.6) is 0 Å². The van der Waals surface area contributed by atoms with Gasteiger partial charge < -0.3 is 4.74 Å². The molecule has 0 fully saturated rings. The molecular formula is C24H23N5O3S. The van der Waals surface area contributed by atoms with E-state index in [1.807, 2.05) is 35.7 Å². The van der Waals surface area contributed by atoms with Crippen molar-refractivity contribution in [2.75, 3.05) is 17.5 Å². The molecule has 0 radical (unpaired) electrons. The van der Waals surface area contributed by atoms with Gasteiger partial charge >= 0.3 is 11.9 Å². The Kier molecular flexibility index (Phi) is 6.89. The first-order valence-corrected chi connectivity index (χ1v) is 11.4. The number of methoxy groups -OCH3 is 1. The van der Waals surface area contributed by atoms with Crippen LogP contribution in [0.2, 0.25) is 0 Å². The first-order valence-electron chi connectivity index (χ1n) is 10.6. The summed E-state index contributed by atoms with van der Waals surface area (Å²) in [6, 6.07) is 16.6. The number of esters is 1. The van der Waals surface area contributed by atoms with Gasteiger partial charge in [-0.1, -0.05) is 55.8 Å². The number of anilines is 2. The molecule has 1 N–H and O–H groups in total. The Balaban J connectivity index is 1.62. The molecule has 2 heterocycles. The number of para-hydroxylation sites is 1. The van der Waals surface area contributed by atoms with Crippen LogP contribution >= 0.6 is 11.3 Å². The van der Waals surface area contributed by atoms with E-state index >= 15 is 0 Å². The van der Waals surface area contributed by atoms with E-state index in [9.17, 15) is 9.59 Å². The highest BCUT2D eigenvalue weighted by molar-refractivity contribution is 7.14. The SMILES string of the molecule is CCCCC1=NN(c2nc(-c3ccccc3)cs2)C(=O)/C1=N\Nc1ccccc1C(=O)OC. The second-order valence-corrected chi connectivity index (χ2v) is 8.09. The number of aromatic nitrogens is 1. The molecule has 8 nitrogen and oxygen atoms in total. The molecule has 0 saturated carbocycles. The largest absolute Gasteiger partial charge is 0.465 e. The summed E-state index contributed by atoms with van der Waals surface area (Å²) in [5.74, 6) is -0.855. The maximum absolute atomic E-state index is 13.2. The van der Waals surface area contributed by atoms with Gasteiger partial charge in [-0.05, 0) is 25.0 Å². The normalized spacial score (nSPS) is 14.5. The van der Waals surface area contributed by atoms with Crippen LogP contribution in [0.25, 0.3) is 11.3 Å². The molecule has 33 heavy (non-hydrogen) atoms. The topological polar surface area (TPSA) is 96.3 Å². The zero-order valence-corrected chi connectivity index (χ0v) is 19.1. The lowest BCUT2D eigenvalue weighted by atomic mass is 10.1. The molecule has 0 aliphatic carbocycles. The summed E-state index contributed by atoms with van der Waals surface area (Å²) in [5.41, 5.74) is 6.16. The predicted octanol–water partition coefficient (Wildman–Crippen LogP) is 4.96. The molecular weight excluding hydrogens is 438 g/mol. The van der Waals surface area contributed by atoms with Crippen molar-refractivity contribution in [3.8, 4) is 11.3 Å². The quantitative estimate of drug-likeness (QED) is 0.378. The lowest BCUT2D eigenvalue weighted by molar-refractivity contribution is -0.112. The van der Waals surface area contributed by atoms with Crippen LogP contribution in [0.3, 0.4) is 0 Å². The molecule has 0 bridgehead atoms. The average molecular weight is 462 g/mol. The van der Waals surface area contributed by atoms with E-state index in [2.05, 4.69) is 27.5 Å². The Labute approximate surface area is 195 Å². The predicted molar refractivity (Wildman–Crippen MR) is 131 cm³/mol. The number of unbranched alkanes of at least 4 members (excludes halogenated alkanes) is 1. The molecule has 1 aliphatic heterocycles. The number of rotatable bonds is 8. The standard InChI is InChI=1S/C24H23N5O3S/c1-3-4-13-19-21(27-26-18-14-9-8-12-17(18)23(31)32-2)22(30)29(28-19)24-25-20(15-33-24)16-10-6-5-7-11-16/h5-12,14-15,26H,3-4,13H2,1-2H3/b27-21-. The van der Waals surface area contributed by atoms with Crippen molar-refractivity contribution in [3.63, 3.8) is 0 Å². The van der Waals surface area contributed by atoms with Crippen LogP contribution in [0, 0.1) is 0 Å². The monoisotopic (exact) mass is 461 g/mol. The first-order chi connectivity index (χ1) is 16.1. The van der Waals surface area contributed by atoms with E-state index < -0.39 is 5.97 Å². The highest BCUT2D eigenvalue weighted by Gasteiger charge is 2.34. The van der Waals surface area contributed by atoms with E-state index in [0.29, 0.717) is 28.5 Å². The molecule has 9 heteroatoms. The number of hydrogen-bond acceptors (Lipinski definition) is 8. The molecule has 3 aromatic rings. The fraction of sp³-hybridized carbons (Fsp3) is 0.208. The lowest BCUT2D eigenvalue weighted by Crippen LogP contribution is -2.28. The van der Waals surface area contributed by atoms with Gasteiger partial charge in [0.1, 0.15) is 0 Å². The maximum atomic E-state index is 13.2. The second kappa shape index (κ2) is 10.2. The summed E-state index contributed by atoms with van der Waals surface area (Å²) in [6.07, 6.45) is 2.42. The fourth-order valence-electron chi connectivity index (χ4n) is 3.28. The second-order valence-electron chi connectivity index (χ2n) is 7.26. The van der Waals surface area contributed by atoms with Crippen LogP contribution in [0.15, 0.2) is 70.2 Å². The van der Waals surface area contributed by atoms with Crippen LogP contribution < -0.4 is 10.4 Å². The van der Waals surface area contributed by atoms with E-state index in [0.717, 1.165) is 24.1 Å². The van der Waals surface area contributed by atoms with Crippen LogP contribution in [0.4, 0.5) is 10.8 Å². The van der Waals surface area contributed by atoms with Gasteiger partial charge in [-0.2, -0.15) is 15.2 Å². The molecule has 1 amide bonds. The zero-order chi connectivity index (χ0) is 23.2. The van der Waals surface area contributed by atoms with Gasteiger partial charge in [-0.25, -0.2) is 9.78 Å². The smallest absolute Gasteiger partial charge is 0.340 e. The van der Waals surface area contributed by atoms with Gasteiger partial charge in [-0.3, -0.25) is 10.2 Å². The van der Waals surface area contributed by atoms with E-state index in [-0.39, 0.29) is 11.6 Å². The molecule has 0 saturated heterocycles. The summed E-state index contributed by atoms with van der Waals surface area (Å²) in [7, 11) is 1.32. The third kappa shape index (κ3) is 4.83. The molecule has 0 unspecified atom stereocenters. The van der Waals surface area contributed by atoms with E-state index in [1.54, 1.807) is 24.3 Å². The molecule has 0 atom stereocenters. The molecule has 2 aromatic carbocycles. The van der Waals surface area contributed by atoms with Gasteiger partial charge in [0.25, 0.3) is 0 Å². The van der Waals surface area contributed by atoms with Gasteiger partial charge in [0.2, 0.25) is 5.13 Å². The van der Waals surface area contributed by atoms with Crippen molar-refractivity contribution in [3.05, 3.63) is 65.5 Å². The summed E-state index contributed by atoms with van der Waals surface area (Å²) >= 11 is 1.35. The third-order valence-electron chi connectivity index (χ3n) is 5.02. The number of hydrogen-bond donors (Lipinski definition) is 1. The minimum atomic E-state index is -0.492. The Hall–Kier alpha value is -3.85. The van der Waals surface area contributed by atoms with Gasteiger partial charge in [0.05, 0.1) is 29.8 Å². The number of nitrogens with one attached hydrogen (secondary N) is 1. The number of carbonyl (C=O) groups is 2. The molecule has 0 spiro atoms. The fourth-order valence-corrected chi connectivity index (χ4v) is 4.06. The number of thiazole rings is 1. The third-order valence-corrected chi connectivity index (χ3v) is 5.84. The highest BCUT2D eigenvalue weighted by Crippen LogP contribution is 2.30. The number of ether oxygens (including phenoxy) is 1. The summed E-state index contributed by atoms with van der Waals surface area (Å²) < 4.78 is 4.82. The Morgan fingerprint density at radius 1 is 1.15 bits per heavy atom. The number of carbonyl (C=O) groups excluding carboxylic acids is 2. The highest BCUT2D eigenvalue weighted by atomic mass is 32.1. The van der Waals surface area contributed by atoms with Gasteiger partial charge in [0, 0.05) is 10.9 Å². The number of amides is 1. The van der Waals surface area contributed by atoms with Gasteiger partial charge in [-0.15, -0.1) is 11.3 Å². The Morgan fingerprint density at radius 2 is 1.91 bits per heavy atom. The summed E-state index contributed by atoms with van der Waals surface area (Å²) in [5, 5.41) is 12.6. The number of benzene rings is 2. The molecule has 1 aliphatic rings. The van der Waals surface area contributed by atoms with Gasteiger partial charge in [0.15, 0.2) is 5.71 Å². The lowest BCUT2D eigenvalue weighted by Gasteiger charge is -2.08. The molecule has 1 aromatic heterocycles. The van der Waals surface area contributed by atoms with Crippen molar-refractivity contribution < 1.29 is 14.3 Å². The van der Waals surface area contributed by atoms with Crippen molar-refractivity contribution in [1.82, 2.24) is 4.98 Å². The number of nitrogens with zero attached hydrogens (tertiary/aromatic N) is 4. The summed E-state index contributed by atoms with van der Waals surface area (Å²) in [6.45, 7) is 2.07. The number of hydrazone groups is 2. The average Bonchev–Trinajstić information content (AvgIpc) is 3.46. The van der Waals surface area contributed by atoms with E-state index in [4.69, 9.17) is 4.74 Å².